The van der Waals surface area contributed by atoms with E-state index >= 15 is 0 Å². The lowest BCUT2D eigenvalue weighted by Crippen LogP contribution is -2.34. The third-order valence-corrected chi connectivity index (χ3v) is 11.3. The van der Waals surface area contributed by atoms with Crippen molar-refractivity contribution in [2.24, 2.45) is 17.3 Å². The number of hydrogen-bond donors (Lipinski definition) is 2. The van der Waals surface area contributed by atoms with Gasteiger partial charge in [-0.2, -0.15) is 0 Å². The van der Waals surface area contributed by atoms with Crippen molar-refractivity contribution in [3.05, 3.63) is 154 Å². The molecule has 0 radical (unpaired) electrons. The molecule has 2 N–H and O–H groups in total. The lowest BCUT2D eigenvalue weighted by Gasteiger charge is -2.34. The van der Waals surface area contributed by atoms with Crippen molar-refractivity contribution < 1.29 is 5.11 Å². The van der Waals surface area contributed by atoms with Crippen LogP contribution in [-0.4, -0.2) is 11.1 Å². The second kappa shape index (κ2) is 18.6. The molecule has 5 rings (SSSR count). The summed E-state index contributed by atoms with van der Waals surface area (Å²) < 4.78 is 0. The van der Waals surface area contributed by atoms with Crippen molar-refractivity contribution in [3.8, 4) is 5.75 Å². The molecule has 5 aromatic rings. The monoisotopic (exact) mass is 779 g/mol. The molecule has 310 valence electrons. The summed E-state index contributed by atoms with van der Waals surface area (Å²) in [5.41, 5.74) is 13.5. The minimum Gasteiger partial charge on any atom is -0.507 e. The second-order valence-electron chi connectivity index (χ2n) is 21.1. The normalized spacial score (nSPS) is 13.4. The van der Waals surface area contributed by atoms with E-state index in [-0.39, 0.29) is 10.8 Å². The molecule has 0 saturated heterocycles. The average Bonchev–Trinajstić information content (AvgIpc) is 3.12. The molecule has 3 heteroatoms. The molecule has 0 aliphatic heterocycles. The van der Waals surface area contributed by atoms with Crippen molar-refractivity contribution in [3.63, 3.8) is 0 Å². The van der Waals surface area contributed by atoms with Crippen molar-refractivity contribution in [1.29, 1.82) is 0 Å². The zero-order valence-electron chi connectivity index (χ0n) is 38.3. The fraction of sp³-hybridized carbons (Fsp3) is 0.455. The van der Waals surface area contributed by atoms with Gasteiger partial charge in [-0.1, -0.05) is 144 Å². The van der Waals surface area contributed by atoms with Crippen LogP contribution in [0, 0.1) is 17.3 Å². The molecule has 2 unspecified atom stereocenters. The summed E-state index contributed by atoms with van der Waals surface area (Å²) in [6.07, 6.45) is 5.32. The topological polar surface area (TPSA) is 35.5 Å². The van der Waals surface area contributed by atoms with Gasteiger partial charge in [-0.25, -0.2) is 0 Å². The SMILES string of the molecule is CC(C)CC(C)N(Cc1cc(C(C)(C)C)c(O)c(C(C)(C)C)c1)c1ccc(Cc2ccc(Nc3ccc(Cc4ccc(CC(C)CC(C)(C)C)cc4)cc3)cc2)cc1. The van der Waals surface area contributed by atoms with Gasteiger partial charge in [0.15, 0.2) is 0 Å². The maximum atomic E-state index is 11.4. The Bertz CT molecular complexity index is 2000. The Morgan fingerprint density at radius 3 is 1.33 bits per heavy atom. The molecule has 0 saturated carbocycles. The van der Waals surface area contributed by atoms with Crippen LogP contribution in [0.5, 0.6) is 5.75 Å². The van der Waals surface area contributed by atoms with E-state index in [0.717, 1.165) is 54.7 Å². The first kappa shape index (κ1) is 44.6. The molecule has 0 heterocycles. The van der Waals surface area contributed by atoms with E-state index in [1.807, 2.05) is 0 Å². The van der Waals surface area contributed by atoms with Gasteiger partial charge in [0.2, 0.25) is 0 Å². The summed E-state index contributed by atoms with van der Waals surface area (Å²) in [7, 11) is 0. The van der Waals surface area contributed by atoms with Gasteiger partial charge in [0, 0.05) is 29.6 Å². The maximum absolute atomic E-state index is 11.4. The Kier molecular flexibility index (Phi) is 14.3. The molecule has 2 atom stereocenters. The minimum atomic E-state index is -0.158. The van der Waals surface area contributed by atoms with E-state index in [1.54, 1.807) is 0 Å². The van der Waals surface area contributed by atoms with Crippen LogP contribution in [-0.2, 0) is 36.6 Å². The lowest BCUT2D eigenvalue weighted by molar-refractivity contribution is 0.306. The Morgan fingerprint density at radius 2 is 0.931 bits per heavy atom. The number of aromatic hydroxyl groups is 1. The van der Waals surface area contributed by atoms with E-state index in [2.05, 4.69) is 209 Å². The van der Waals surface area contributed by atoms with E-state index in [0.29, 0.717) is 29.0 Å². The van der Waals surface area contributed by atoms with E-state index in [9.17, 15) is 5.11 Å². The predicted octanol–water partition coefficient (Wildman–Crippen LogP) is 15.0. The number of nitrogens with zero attached hydrogens (tertiary/aromatic N) is 1. The number of phenols is 1. The Balaban J connectivity index is 1.21. The first-order valence-corrected chi connectivity index (χ1v) is 21.9. The summed E-state index contributed by atoms with van der Waals surface area (Å²) in [4.78, 5) is 2.55. The van der Waals surface area contributed by atoms with Gasteiger partial charge in [-0.05, 0) is 160 Å². The van der Waals surface area contributed by atoms with Gasteiger partial charge in [0.05, 0.1) is 0 Å². The molecule has 58 heavy (non-hydrogen) atoms. The zero-order valence-corrected chi connectivity index (χ0v) is 38.3. The number of nitrogens with one attached hydrogen (secondary N) is 1. The lowest BCUT2D eigenvalue weighted by atomic mass is 9.78. The Hall–Kier alpha value is -4.50. The van der Waals surface area contributed by atoms with Gasteiger partial charge in [0.1, 0.15) is 5.75 Å². The largest absolute Gasteiger partial charge is 0.507 e. The quantitative estimate of drug-likeness (QED) is 0.111. The number of phenolic OH excluding ortho intramolecular Hbond substituents is 1. The highest BCUT2D eigenvalue weighted by Gasteiger charge is 2.28. The summed E-state index contributed by atoms with van der Waals surface area (Å²) >= 11 is 0. The van der Waals surface area contributed by atoms with Crippen molar-refractivity contribution in [1.82, 2.24) is 0 Å². The second-order valence-corrected chi connectivity index (χ2v) is 21.1. The van der Waals surface area contributed by atoms with Crippen LogP contribution in [0.2, 0.25) is 0 Å². The molecule has 0 amide bonds. The van der Waals surface area contributed by atoms with E-state index < -0.39 is 0 Å². The zero-order chi connectivity index (χ0) is 42.4. The van der Waals surface area contributed by atoms with Gasteiger partial charge < -0.3 is 15.3 Å². The summed E-state index contributed by atoms with van der Waals surface area (Å²) in [5, 5.41) is 15.0. The number of rotatable bonds is 15. The van der Waals surface area contributed by atoms with E-state index in [4.69, 9.17) is 0 Å². The molecule has 0 aromatic heterocycles. The number of hydrogen-bond acceptors (Lipinski definition) is 3. The molecule has 3 nitrogen and oxygen atoms in total. The van der Waals surface area contributed by atoms with Gasteiger partial charge in [-0.15, -0.1) is 0 Å². The molecule has 5 aromatic carbocycles. The number of benzene rings is 5. The van der Waals surface area contributed by atoms with Crippen LogP contribution < -0.4 is 10.2 Å². The summed E-state index contributed by atoms with van der Waals surface area (Å²) in [6.45, 7) is 30.3. The van der Waals surface area contributed by atoms with E-state index in [1.165, 1.54) is 45.5 Å². The fourth-order valence-corrected chi connectivity index (χ4v) is 8.61. The third kappa shape index (κ3) is 13.0. The first-order valence-electron chi connectivity index (χ1n) is 21.9. The molecule has 0 aliphatic carbocycles. The highest BCUT2D eigenvalue weighted by molar-refractivity contribution is 5.60. The van der Waals surface area contributed by atoms with Crippen LogP contribution in [0.4, 0.5) is 17.1 Å². The average molecular weight is 779 g/mol. The summed E-state index contributed by atoms with van der Waals surface area (Å²) in [6, 6.07) is 40.9. The smallest absolute Gasteiger partial charge is 0.123 e. The molecule has 0 aliphatic rings. The minimum absolute atomic E-state index is 0.158. The first-order chi connectivity index (χ1) is 27.1. The van der Waals surface area contributed by atoms with Crippen LogP contribution in [0.25, 0.3) is 0 Å². The van der Waals surface area contributed by atoms with Gasteiger partial charge >= 0.3 is 0 Å². The fourth-order valence-electron chi connectivity index (χ4n) is 8.61. The molecule has 0 spiro atoms. The highest BCUT2D eigenvalue weighted by atomic mass is 16.3. The van der Waals surface area contributed by atoms with Crippen LogP contribution in [0.15, 0.2) is 109 Å². The third-order valence-electron chi connectivity index (χ3n) is 11.3. The molecular formula is C55H74N2O. The van der Waals surface area contributed by atoms with Gasteiger partial charge in [0.25, 0.3) is 0 Å². The van der Waals surface area contributed by atoms with Crippen LogP contribution in [0.3, 0.4) is 0 Å². The van der Waals surface area contributed by atoms with Crippen molar-refractivity contribution in [2.45, 2.75) is 146 Å². The standard InChI is InChI=1S/C55H74N2O/c1-38(2)30-40(4)57(37-46-34-50(54(8,9)10)52(58)51(35-46)55(11,12)13)49-28-22-45(23-29-49)33-44-20-26-48(27-21-44)56-47-24-18-43(19-25-47)32-42-16-14-41(15-17-42)31-39(3)36-53(5,6)7/h14-29,34-35,38-40,56,58H,30-33,36-37H2,1-13H3. The predicted molar refractivity (Wildman–Crippen MR) is 252 cm³/mol. The molecule has 0 bridgehead atoms. The van der Waals surface area contributed by atoms with Crippen LogP contribution >= 0.6 is 0 Å². The highest BCUT2D eigenvalue weighted by Crippen LogP contribution is 2.40. The Morgan fingerprint density at radius 1 is 0.534 bits per heavy atom. The summed E-state index contributed by atoms with van der Waals surface area (Å²) in [5.74, 6) is 1.72. The maximum Gasteiger partial charge on any atom is 0.123 e. The van der Waals surface area contributed by atoms with Crippen molar-refractivity contribution >= 4 is 17.1 Å². The van der Waals surface area contributed by atoms with Crippen molar-refractivity contribution in [2.75, 3.05) is 10.2 Å². The van der Waals surface area contributed by atoms with Crippen LogP contribution in [0.1, 0.15) is 147 Å². The Labute approximate surface area is 353 Å². The number of anilines is 3. The van der Waals surface area contributed by atoms with Gasteiger partial charge in [-0.3, -0.25) is 0 Å². The molecule has 0 fully saturated rings. The molecular weight excluding hydrogens is 705 g/mol.